The lowest BCUT2D eigenvalue weighted by Gasteiger charge is -2.29. The van der Waals surface area contributed by atoms with E-state index < -0.39 is 0 Å². The SMILES string of the molecule is COC(=O)c1nn(C)c2c1CN(c1ccccc1)CC2. The summed E-state index contributed by atoms with van der Waals surface area (Å²) in [5, 5.41) is 4.31. The molecule has 2 heterocycles. The number of nitrogens with zero attached hydrogens (tertiary/aromatic N) is 3. The molecular weight excluding hydrogens is 254 g/mol. The number of ether oxygens (including phenoxy) is 1. The molecule has 0 saturated carbocycles. The molecule has 1 aromatic carbocycles. The van der Waals surface area contributed by atoms with Gasteiger partial charge in [-0.05, 0) is 12.1 Å². The van der Waals surface area contributed by atoms with E-state index in [4.69, 9.17) is 4.74 Å². The maximum absolute atomic E-state index is 11.8. The first-order chi connectivity index (χ1) is 9.70. The fourth-order valence-corrected chi connectivity index (χ4v) is 2.71. The maximum Gasteiger partial charge on any atom is 0.358 e. The summed E-state index contributed by atoms with van der Waals surface area (Å²) in [4.78, 5) is 14.1. The topological polar surface area (TPSA) is 47.4 Å². The number of fused-ring (bicyclic) bond motifs is 1. The van der Waals surface area contributed by atoms with Gasteiger partial charge in [-0.25, -0.2) is 4.79 Å². The Kier molecular flexibility index (Phi) is 3.18. The molecule has 0 spiro atoms. The second-order valence-corrected chi connectivity index (χ2v) is 4.90. The van der Waals surface area contributed by atoms with Crippen molar-refractivity contribution in [1.29, 1.82) is 0 Å². The number of aryl methyl sites for hydroxylation is 1. The van der Waals surface area contributed by atoms with Crippen LogP contribution in [0.1, 0.15) is 21.7 Å². The minimum atomic E-state index is -0.364. The van der Waals surface area contributed by atoms with Crippen LogP contribution in [0, 0.1) is 0 Å². The van der Waals surface area contributed by atoms with Gasteiger partial charge in [0.15, 0.2) is 5.69 Å². The van der Waals surface area contributed by atoms with Crippen molar-refractivity contribution in [3.05, 3.63) is 47.3 Å². The number of carbonyl (C=O) groups is 1. The van der Waals surface area contributed by atoms with Crippen LogP contribution in [-0.4, -0.2) is 29.4 Å². The predicted octanol–water partition coefficient (Wildman–Crippen LogP) is 1.77. The van der Waals surface area contributed by atoms with Crippen LogP contribution in [0.5, 0.6) is 0 Å². The average Bonchev–Trinajstić information content (AvgIpc) is 2.84. The molecule has 0 radical (unpaired) electrons. The Morgan fingerprint density at radius 3 is 2.75 bits per heavy atom. The molecule has 0 saturated heterocycles. The third kappa shape index (κ3) is 2.05. The van der Waals surface area contributed by atoms with Crippen LogP contribution in [0.15, 0.2) is 30.3 Å². The van der Waals surface area contributed by atoms with Crippen LogP contribution < -0.4 is 4.90 Å². The highest BCUT2D eigenvalue weighted by atomic mass is 16.5. The number of hydrogen-bond acceptors (Lipinski definition) is 4. The predicted molar refractivity (Wildman–Crippen MR) is 75.7 cm³/mol. The summed E-state index contributed by atoms with van der Waals surface area (Å²) in [5.74, 6) is -0.364. The lowest BCUT2D eigenvalue weighted by atomic mass is 10.0. The Hall–Kier alpha value is -2.30. The molecule has 20 heavy (non-hydrogen) atoms. The monoisotopic (exact) mass is 271 g/mol. The molecule has 0 atom stereocenters. The number of hydrogen-bond donors (Lipinski definition) is 0. The number of benzene rings is 1. The van der Waals surface area contributed by atoms with E-state index in [9.17, 15) is 4.79 Å². The Labute approximate surface area is 117 Å². The maximum atomic E-state index is 11.8. The lowest BCUT2D eigenvalue weighted by Crippen LogP contribution is -2.31. The van der Waals surface area contributed by atoms with Crippen molar-refractivity contribution in [3.63, 3.8) is 0 Å². The molecule has 0 amide bonds. The van der Waals surface area contributed by atoms with Gasteiger partial charge >= 0.3 is 5.97 Å². The van der Waals surface area contributed by atoms with Crippen molar-refractivity contribution in [2.24, 2.45) is 7.05 Å². The van der Waals surface area contributed by atoms with Gasteiger partial charge in [0.25, 0.3) is 0 Å². The van der Waals surface area contributed by atoms with E-state index in [1.165, 1.54) is 7.11 Å². The molecule has 0 N–H and O–H groups in total. The quantitative estimate of drug-likeness (QED) is 0.781. The molecule has 1 aliphatic rings. The van der Waals surface area contributed by atoms with Gasteiger partial charge in [-0.3, -0.25) is 4.68 Å². The lowest BCUT2D eigenvalue weighted by molar-refractivity contribution is 0.0592. The number of esters is 1. The highest BCUT2D eigenvalue weighted by molar-refractivity contribution is 5.89. The van der Waals surface area contributed by atoms with E-state index in [1.54, 1.807) is 4.68 Å². The first-order valence-corrected chi connectivity index (χ1v) is 6.63. The van der Waals surface area contributed by atoms with Crippen LogP contribution in [0.4, 0.5) is 5.69 Å². The number of para-hydroxylation sites is 1. The van der Waals surface area contributed by atoms with Gasteiger partial charge in [0.1, 0.15) is 0 Å². The molecule has 0 aliphatic carbocycles. The van der Waals surface area contributed by atoms with Crippen molar-refractivity contribution in [1.82, 2.24) is 9.78 Å². The van der Waals surface area contributed by atoms with E-state index in [0.29, 0.717) is 12.2 Å². The van der Waals surface area contributed by atoms with Crippen LogP contribution in [0.25, 0.3) is 0 Å². The molecule has 0 fully saturated rings. The fraction of sp³-hybridized carbons (Fsp3) is 0.333. The van der Waals surface area contributed by atoms with Crippen molar-refractivity contribution >= 4 is 11.7 Å². The van der Waals surface area contributed by atoms with Gasteiger partial charge in [-0.1, -0.05) is 18.2 Å². The zero-order valence-electron chi connectivity index (χ0n) is 11.7. The van der Waals surface area contributed by atoms with E-state index >= 15 is 0 Å². The minimum Gasteiger partial charge on any atom is -0.464 e. The third-order valence-electron chi connectivity index (χ3n) is 3.74. The van der Waals surface area contributed by atoms with Crippen molar-refractivity contribution in [3.8, 4) is 0 Å². The van der Waals surface area contributed by atoms with E-state index in [1.807, 2.05) is 25.2 Å². The summed E-state index contributed by atoms with van der Waals surface area (Å²) >= 11 is 0. The highest BCUT2D eigenvalue weighted by Crippen LogP contribution is 2.26. The van der Waals surface area contributed by atoms with Gasteiger partial charge < -0.3 is 9.64 Å². The van der Waals surface area contributed by atoms with Gasteiger partial charge in [-0.15, -0.1) is 0 Å². The second-order valence-electron chi connectivity index (χ2n) is 4.90. The van der Waals surface area contributed by atoms with E-state index in [0.717, 1.165) is 29.9 Å². The molecule has 0 bridgehead atoms. The summed E-state index contributed by atoms with van der Waals surface area (Å²) in [6.45, 7) is 1.62. The molecule has 3 rings (SSSR count). The molecule has 104 valence electrons. The van der Waals surface area contributed by atoms with E-state index in [2.05, 4.69) is 22.1 Å². The minimum absolute atomic E-state index is 0.364. The van der Waals surface area contributed by atoms with E-state index in [-0.39, 0.29) is 5.97 Å². The van der Waals surface area contributed by atoms with Gasteiger partial charge in [0.05, 0.1) is 7.11 Å². The average molecular weight is 271 g/mol. The van der Waals surface area contributed by atoms with Crippen LogP contribution in [-0.2, 0) is 24.8 Å². The second kappa shape index (κ2) is 5.00. The summed E-state index contributed by atoms with van der Waals surface area (Å²) < 4.78 is 6.62. The molecule has 1 aromatic heterocycles. The molecular formula is C15H17N3O2. The van der Waals surface area contributed by atoms with Gasteiger partial charge in [0.2, 0.25) is 0 Å². The van der Waals surface area contributed by atoms with Gasteiger partial charge in [-0.2, -0.15) is 5.10 Å². The zero-order valence-corrected chi connectivity index (χ0v) is 11.7. The molecule has 1 aliphatic heterocycles. The Bertz CT molecular complexity index is 634. The summed E-state index contributed by atoms with van der Waals surface area (Å²) in [5.41, 5.74) is 3.70. The first-order valence-electron chi connectivity index (χ1n) is 6.63. The number of carbonyl (C=O) groups excluding carboxylic acids is 1. The van der Waals surface area contributed by atoms with Crippen molar-refractivity contribution < 1.29 is 9.53 Å². The molecule has 5 nitrogen and oxygen atoms in total. The van der Waals surface area contributed by atoms with Crippen LogP contribution >= 0.6 is 0 Å². The Morgan fingerprint density at radius 1 is 1.30 bits per heavy atom. The molecule has 2 aromatic rings. The molecule has 5 heteroatoms. The smallest absolute Gasteiger partial charge is 0.358 e. The number of aromatic nitrogens is 2. The molecule has 0 unspecified atom stereocenters. The van der Waals surface area contributed by atoms with Crippen molar-refractivity contribution in [2.75, 3.05) is 18.6 Å². The zero-order chi connectivity index (χ0) is 14.1. The van der Waals surface area contributed by atoms with Crippen LogP contribution in [0.3, 0.4) is 0 Å². The normalized spacial score (nSPS) is 14.0. The number of anilines is 1. The van der Waals surface area contributed by atoms with Gasteiger partial charge in [0, 0.05) is 43.5 Å². The largest absolute Gasteiger partial charge is 0.464 e. The summed E-state index contributed by atoms with van der Waals surface area (Å²) in [6.07, 6.45) is 0.880. The third-order valence-corrected chi connectivity index (χ3v) is 3.74. The highest BCUT2D eigenvalue weighted by Gasteiger charge is 2.27. The standard InChI is InChI=1S/C15H17N3O2/c1-17-13-8-9-18(11-6-4-3-5-7-11)10-12(13)14(16-17)15(19)20-2/h3-7H,8-10H2,1-2H3. The number of methoxy groups -OCH3 is 1. The first kappa shape index (κ1) is 12.7. The van der Waals surface area contributed by atoms with Crippen LogP contribution in [0.2, 0.25) is 0 Å². The summed E-state index contributed by atoms with van der Waals surface area (Å²) in [7, 11) is 3.27. The number of rotatable bonds is 2. The Morgan fingerprint density at radius 2 is 2.05 bits per heavy atom. The summed E-state index contributed by atoms with van der Waals surface area (Å²) in [6, 6.07) is 10.2. The van der Waals surface area contributed by atoms with Crippen molar-refractivity contribution in [2.45, 2.75) is 13.0 Å². The Balaban J connectivity index is 1.96. The fourth-order valence-electron chi connectivity index (χ4n) is 2.71.